The molecule has 1 aromatic carbocycles. The number of piperidine rings is 1. The highest BCUT2D eigenvalue weighted by molar-refractivity contribution is 7.90. The molecule has 118 valence electrons. The topological polar surface area (TPSA) is 69.6 Å². The number of aliphatic hydroxyl groups excluding tert-OH is 1. The average molecular weight is 353 g/mol. The minimum absolute atomic E-state index is 0.191. The lowest BCUT2D eigenvalue weighted by Gasteiger charge is -2.33. The molecule has 1 unspecified atom stereocenters. The van der Waals surface area contributed by atoms with E-state index in [4.69, 9.17) is 23.2 Å². The Morgan fingerprint density at radius 3 is 2.71 bits per heavy atom. The van der Waals surface area contributed by atoms with Crippen LogP contribution in [0.15, 0.2) is 12.1 Å². The Morgan fingerprint density at radius 2 is 2.05 bits per heavy atom. The van der Waals surface area contributed by atoms with Gasteiger partial charge in [0.1, 0.15) is 0 Å². The van der Waals surface area contributed by atoms with Gasteiger partial charge in [0.15, 0.2) is 0 Å². The molecular formula is C13H18Cl2N2O3S. The molecule has 1 heterocycles. The standard InChI is InChI=1S/C13H18Cl2N2O3S/c1-9-6-12(15)13(7-11(9)14)16-21(19,20)17-5-3-2-4-10(17)8-18/h6-7,10,16,18H,2-5,8H2,1H3. The molecule has 1 aliphatic rings. The minimum atomic E-state index is -3.77. The van der Waals surface area contributed by atoms with E-state index in [1.54, 1.807) is 13.0 Å². The summed E-state index contributed by atoms with van der Waals surface area (Å²) in [5.74, 6) is 0. The van der Waals surface area contributed by atoms with Crippen molar-refractivity contribution in [3.8, 4) is 0 Å². The van der Waals surface area contributed by atoms with Crippen molar-refractivity contribution in [3.05, 3.63) is 27.7 Å². The van der Waals surface area contributed by atoms with E-state index in [1.165, 1.54) is 10.4 Å². The second kappa shape index (κ2) is 6.71. The molecule has 2 N–H and O–H groups in total. The lowest BCUT2D eigenvalue weighted by Crippen LogP contribution is -2.47. The molecule has 0 aliphatic carbocycles. The first kappa shape index (κ1) is 16.8. The van der Waals surface area contributed by atoms with Crippen molar-refractivity contribution in [1.29, 1.82) is 0 Å². The van der Waals surface area contributed by atoms with Crippen molar-refractivity contribution in [2.24, 2.45) is 0 Å². The van der Waals surface area contributed by atoms with Crippen molar-refractivity contribution in [2.75, 3.05) is 17.9 Å². The molecule has 1 aromatic rings. The summed E-state index contributed by atoms with van der Waals surface area (Å²) < 4.78 is 28.7. The van der Waals surface area contributed by atoms with Crippen molar-refractivity contribution < 1.29 is 13.5 Å². The Hall–Kier alpha value is -0.530. The van der Waals surface area contributed by atoms with Crippen molar-refractivity contribution in [2.45, 2.75) is 32.2 Å². The maximum atomic E-state index is 12.5. The first-order valence-corrected chi connectivity index (χ1v) is 8.91. The molecule has 0 radical (unpaired) electrons. The van der Waals surface area contributed by atoms with E-state index in [1.807, 2.05) is 0 Å². The predicted octanol–water partition coefficient (Wildman–Crippen LogP) is 2.81. The summed E-state index contributed by atoms with van der Waals surface area (Å²) in [5.41, 5.74) is 1.02. The maximum absolute atomic E-state index is 12.5. The van der Waals surface area contributed by atoms with Crippen LogP contribution >= 0.6 is 23.2 Å². The molecule has 0 spiro atoms. The van der Waals surface area contributed by atoms with Gasteiger partial charge in [0.2, 0.25) is 0 Å². The van der Waals surface area contributed by atoms with Gasteiger partial charge in [-0.25, -0.2) is 0 Å². The number of nitrogens with one attached hydrogen (secondary N) is 1. The number of rotatable bonds is 4. The van der Waals surface area contributed by atoms with Crippen LogP contribution in [0.4, 0.5) is 5.69 Å². The monoisotopic (exact) mass is 352 g/mol. The van der Waals surface area contributed by atoms with Gasteiger partial charge in [-0.1, -0.05) is 29.6 Å². The molecule has 0 saturated carbocycles. The van der Waals surface area contributed by atoms with E-state index in [9.17, 15) is 13.5 Å². The van der Waals surface area contributed by atoms with Gasteiger partial charge in [-0.15, -0.1) is 0 Å². The molecular weight excluding hydrogens is 335 g/mol. The second-order valence-electron chi connectivity index (χ2n) is 5.13. The van der Waals surface area contributed by atoms with Crippen LogP contribution in [0, 0.1) is 6.92 Å². The summed E-state index contributed by atoms with van der Waals surface area (Å²) in [6, 6.07) is 2.71. The van der Waals surface area contributed by atoms with E-state index in [0.717, 1.165) is 18.4 Å². The van der Waals surface area contributed by atoms with Gasteiger partial charge in [0.05, 0.1) is 17.3 Å². The quantitative estimate of drug-likeness (QED) is 0.875. The Bertz CT molecular complexity index is 622. The van der Waals surface area contributed by atoms with Gasteiger partial charge in [-0.05, 0) is 37.5 Å². The Balaban J connectivity index is 2.26. The van der Waals surface area contributed by atoms with Gasteiger partial charge in [-0.2, -0.15) is 12.7 Å². The summed E-state index contributed by atoms with van der Waals surface area (Å²) in [5, 5.41) is 10.1. The van der Waals surface area contributed by atoms with Crippen LogP contribution in [-0.2, 0) is 10.2 Å². The fraction of sp³-hybridized carbons (Fsp3) is 0.538. The van der Waals surface area contributed by atoms with Gasteiger partial charge in [0.25, 0.3) is 0 Å². The van der Waals surface area contributed by atoms with Crippen LogP contribution in [-0.4, -0.2) is 37.0 Å². The molecule has 8 heteroatoms. The van der Waals surface area contributed by atoms with Crippen LogP contribution in [0.2, 0.25) is 10.0 Å². The fourth-order valence-corrected chi connectivity index (χ4v) is 4.38. The summed E-state index contributed by atoms with van der Waals surface area (Å²) in [6.07, 6.45) is 2.34. The van der Waals surface area contributed by atoms with E-state index in [-0.39, 0.29) is 17.3 Å². The third kappa shape index (κ3) is 3.81. The SMILES string of the molecule is Cc1cc(Cl)c(NS(=O)(=O)N2CCCCC2CO)cc1Cl. The molecule has 1 saturated heterocycles. The van der Waals surface area contributed by atoms with Crippen molar-refractivity contribution in [1.82, 2.24) is 4.31 Å². The number of anilines is 1. The number of hydrogen-bond donors (Lipinski definition) is 2. The molecule has 1 atom stereocenters. The molecule has 0 bridgehead atoms. The van der Waals surface area contributed by atoms with E-state index in [2.05, 4.69) is 4.72 Å². The molecule has 2 rings (SSSR count). The Kier molecular flexibility index (Phi) is 5.38. The van der Waals surface area contributed by atoms with Gasteiger partial charge in [-0.3, -0.25) is 4.72 Å². The van der Waals surface area contributed by atoms with Crippen LogP contribution in [0.25, 0.3) is 0 Å². The molecule has 21 heavy (non-hydrogen) atoms. The largest absolute Gasteiger partial charge is 0.395 e. The van der Waals surface area contributed by atoms with Gasteiger partial charge >= 0.3 is 10.2 Å². The van der Waals surface area contributed by atoms with Crippen LogP contribution in [0.3, 0.4) is 0 Å². The molecule has 1 aliphatic heterocycles. The van der Waals surface area contributed by atoms with Crippen molar-refractivity contribution >= 4 is 39.1 Å². The Morgan fingerprint density at radius 1 is 1.33 bits per heavy atom. The number of nitrogens with zero attached hydrogens (tertiary/aromatic N) is 1. The van der Waals surface area contributed by atoms with Crippen LogP contribution in [0.5, 0.6) is 0 Å². The van der Waals surface area contributed by atoms with E-state index in [0.29, 0.717) is 18.0 Å². The zero-order chi connectivity index (χ0) is 15.6. The van der Waals surface area contributed by atoms with Crippen LogP contribution in [0.1, 0.15) is 24.8 Å². The highest BCUT2D eigenvalue weighted by Gasteiger charge is 2.32. The zero-order valence-electron chi connectivity index (χ0n) is 11.6. The third-order valence-electron chi connectivity index (χ3n) is 3.58. The number of hydrogen-bond acceptors (Lipinski definition) is 3. The highest BCUT2D eigenvalue weighted by Crippen LogP contribution is 2.31. The maximum Gasteiger partial charge on any atom is 0.302 e. The summed E-state index contributed by atoms with van der Waals surface area (Å²) in [6.45, 7) is 1.99. The zero-order valence-corrected chi connectivity index (χ0v) is 14.0. The third-order valence-corrected chi connectivity index (χ3v) is 5.88. The number of aryl methyl sites for hydroxylation is 1. The normalized spacial score (nSPS) is 20.5. The van der Waals surface area contributed by atoms with E-state index >= 15 is 0 Å². The average Bonchev–Trinajstić information content (AvgIpc) is 2.44. The summed E-state index contributed by atoms with van der Waals surface area (Å²) in [7, 11) is -3.77. The smallest absolute Gasteiger partial charge is 0.302 e. The Labute approximate surface area is 135 Å². The fourth-order valence-electron chi connectivity index (χ4n) is 2.40. The number of aliphatic hydroxyl groups is 1. The lowest BCUT2D eigenvalue weighted by molar-refractivity contribution is 0.156. The number of benzene rings is 1. The van der Waals surface area contributed by atoms with Gasteiger partial charge < -0.3 is 5.11 Å². The first-order chi connectivity index (χ1) is 9.85. The summed E-state index contributed by atoms with van der Waals surface area (Å²) in [4.78, 5) is 0. The first-order valence-electron chi connectivity index (χ1n) is 6.71. The van der Waals surface area contributed by atoms with Crippen molar-refractivity contribution in [3.63, 3.8) is 0 Å². The lowest BCUT2D eigenvalue weighted by atomic mass is 10.1. The highest BCUT2D eigenvalue weighted by atomic mass is 35.5. The predicted molar refractivity (Wildman–Crippen MR) is 85.2 cm³/mol. The minimum Gasteiger partial charge on any atom is -0.395 e. The second-order valence-corrected chi connectivity index (χ2v) is 7.57. The molecule has 0 aromatic heterocycles. The number of halogens is 2. The molecule has 5 nitrogen and oxygen atoms in total. The van der Waals surface area contributed by atoms with Crippen LogP contribution < -0.4 is 4.72 Å². The summed E-state index contributed by atoms with van der Waals surface area (Å²) >= 11 is 12.1. The molecule has 0 amide bonds. The van der Waals surface area contributed by atoms with E-state index < -0.39 is 16.3 Å². The van der Waals surface area contributed by atoms with Gasteiger partial charge in [0, 0.05) is 17.6 Å². The molecule has 1 fully saturated rings.